The van der Waals surface area contributed by atoms with Gasteiger partial charge in [-0.1, -0.05) is 26.0 Å². The highest BCUT2D eigenvalue weighted by molar-refractivity contribution is 5.96. The van der Waals surface area contributed by atoms with Gasteiger partial charge in [0.05, 0.1) is 6.54 Å². The van der Waals surface area contributed by atoms with Gasteiger partial charge in [-0.25, -0.2) is 0 Å². The summed E-state index contributed by atoms with van der Waals surface area (Å²) in [5, 5.41) is 5.91. The normalized spacial score (nSPS) is 10.4. The molecule has 0 saturated carbocycles. The Labute approximate surface area is 149 Å². The van der Waals surface area contributed by atoms with Crippen LogP contribution in [0.2, 0.25) is 0 Å². The number of carbonyl (C=O) groups excluding carboxylic acids is 2. The summed E-state index contributed by atoms with van der Waals surface area (Å²) in [6, 6.07) is 14.9. The monoisotopic (exact) mass is 339 g/mol. The molecule has 5 nitrogen and oxygen atoms in total. The van der Waals surface area contributed by atoms with E-state index in [-0.39, 0.29) is 18.4 Å². The molecular weight excluding hydrogens is 314 g/mol. The first-order chi connectivity index (χ1) is 11.9. The second kappa shape index (κ2) is 8.33. The van der Waals surface area contributed by atoms with Crippen LogP contribution in [0.3, 0.4) is 0 Å². The van der Waals surface area contributed by atoms with Crippen molar-refractivity contribution in [2.45, 2.75) is 19.8 Å². The zero-order valence-corrected chi connectivity index (χ0v) is 15.2. The second-order valence-electron chi connectivity index (χ2n) is 6.46. The first-order valence-corrected chi connectivity index (χ1v) is 8.32. The van der Waals surface area contributed by atoms with Gasteiger partial charge in [0.15, 0.2) is 0 Å². The Balaban J connectivity index is 1.86. The first-order valence-electron chi connectivity index (χ1n) is 8.32. The van der Waals surface area contributed by atoms with E-state index in [1.807, 2.05) is 12.1 Å². The van der Waals surface area contributed by atoms with E-state index in [0.29, 0.717) is 17.2 Å². The Morgan fingerprint density at radius 1 is 0.920 bits per heavy atom. The summed E-state index contributed by atoms with van der Waals surface area (Å²) < 4.78 is 0. The van der Waals surface area contributed by atoms with E-state index < -0.39 is 0 Å². The van der Waals surface area contributed by atoms with E-state index in [0.717, 1.165) is 5.69 Å². The first kappa shape index (κ1) is 18.5. The molecule has 0 fully saturated rings. The maximum atomic E-state index is 12.0. The van der Waals surface area contributed by atoms with Crippen molar-refractivity contribution in [3.63, 3.8) is 0 Å². The van der Waals surface area contributed by atoms with Gasteiger partial charge in [0, 0.05) is 31.0 Å². The van der Waals surface area contributed by atoms with Gasteiger partial charge < -0.3 is 15.5 Å². The molecule has 0 heterocycles. The van der Waals surface area contributed by atoms with Gasteiger partial charge in [-0.2, -0.15) is 0 Å². The highest BCUT2D eigenvalue weighted by Gasteiger charge is 2.08. The predicted octanol–water partition coefficient (Wildman–Crippen LogP) is 3.56. The van der Waals surface area contributed by atoms with Crippen LogP contribution in [-0.2, 0) is 4.79 Å². The molecule has 0 aliphatic carbocycles. The van der Waals surface area contributed by atoms with Crippen LogP contribution in [0.4, 0.5) is 11.4 Å². The van der Waals surface area contributed by atoms with Crippen molar-refractivity contribution in [1.82, 2.24) is 4.90 Å². The van der Waals surface area contributed by atoms with Gasteiger partial charge in [-0.3, -0.25) is 9.59 Å². The second-order valence-corrected chi connectivity index (χ2v) is 6.46. The zero-order valence-electron chi connectivity index (χ0n) is 15.2. The van der Waals surface area contributed by atoms with Gasteiger partial charge in [0.25, 0.3) is 5.91 Å². The van der Waals surface area contributed by atoms with Crippen LogP contribution in [0.5, 0.6) is 0 Å². The largest absolute Gasteiger partial charge is 0.376 e. The van der Waals surface area contributed by atoms with E-state index >= 15 is 0 Å². The molecule has 0 saturated heterocycles. The lowest BCUT2D eigenvalue weighted by Gasteiger charge is -2.12. The van der Waals surface area contributed by atoms with E-state index in [2.05, 4.69) is 36.6 Å². The van der Waals surface area contributed by atoms with Gasteiger partial charge >= 0.3 is 0 Å². The summed E-state index contributed by atoms with van der Waals surface area (Å²) in [7, 11) is 3.41. The number of hydrogen-bond acceptors (Lipinski definition) is 3. The smallest absolute Gasteiger partial charge is 0.253 e. The summed E-state index contributed by atoms with van der Waals surface area (Å²) in [6.07, 6.45) is 0. The Morgan fingerprint density at radius 3 is 2.00 bits per heavy atom. The highest BCUT2D eigenvalue weighted by atomic mass is 16.2. The number of rotatable bonds is 6. The number of anilines is 2. The molecule has 2 N–H and O–H groups in total. The van der Waals surface area contributed by atoms with Crippen molar-refractivity contribution in [1.29, 1.82) is 0 Å². The average molecular weight is 339 g/mol. The molecule has 2 amide bonds. The number of carbonyl (C=O) groups is 2. The molecule has 0 aliphatic heterocycles. The van der Waals surface area contributed by atoms with E-state index in [1.165, 1.54) is 10.5 Å². The van der Waals surface area contributed by atoms with Crippen molar-refractivity contribution in [2.75, 3.05) is 31.3 Å². The van der Waals surface area contributed by atoms with Gasteiger partial charge in [-0.15, -0.1) is 0 Å². The SMILES string of the molecule is CC(C)c1ccc(NCC(=O)Nc2ccc(C(=O)N(C)C)cc2)cc1. The summed E-state index contributed by atoms with van der Waals surface area (Å²) in [5.41, 5.74) is 3.43. The van der Waals surface area contributed by atoms with Crippen molar-refractivity contribution >= 4 is 23.2 Å². The summed E-state index contributed by atoms with van der Waals surface area (Å²) in [5.74, 6) is 0.281. The fourth-order valence-electron chi connectivity index (χ4n) is 2.33. The van der Waals surface area contributed by atoms with Crippen LogP contribution in [0.15, 0.2) is 48.5 Å². The Hall–Kier alpha value is -2.82. The molecule has 2 aromatic carbocycles. The maximum Gasteiger partial charge on any atom is 0.253 e. The summed E-state index contributed by atoms with van der Waals surface area (Å²) in [4.78, 5) is 25.4. The fourth-order valence-corrected chi connectivity index (χ4v) is 2.33. The third-order valence-corrected chi connectivity index (χ3v) is 3.85. The summed E-state index contributed by atoms with van der Waals surface area (Å²) >= 11 is 0. The van der Waals surface area contributed by atoms with Crippen LogP contribution >= 0.6 is 0 Å². The third-order valence-electron chi connectivity index (χ3n) is 3.85. The van der Waals surface area contributed by atoms with E-state index in [4.69, 9.17) is 0 Å². The molecule has 2 rings (SSSR count). The number of amides is 2. The number of benzene rings is 2. The van der Waals surface area contributed by atoms with Crippen molar-refractivity contribution in [3.8, 4) is 0 Å². The van der Waals surface area contributed by atoms with Gasteiger partial charge in [-0.05, 0) is 47.9 Å². The van der Waals surface area contributed by atoms with Gasteiger partial charge in [0.2, 0.25) is 5.91 Å². The van der Waals surface area contributed by atoms with Gasteiger partial charge in [0.1, 0.15) is 0 Å². The third kappa shape index (κ3) is 5.35. The minimum absolute atomic E-state index is 0.0654. The molecule has 0 aliphatic rings. The molecule has 0 atom stereocenters. The molecule has 132 valence electrons. The number of nitrogens with one attached hydrogen (secondary N) is 2. The molecule has 0 radical (unpaired) electrons. The highest BCUT2D eigenvalue weighted by Crippen LogP contribution is 2.17. The topological polar surface area (TPSA) is 61.4 Å². The Bertz CT molecular complexity index is 720. The molecule has 0 aromatic heterocycles. The number of hydrogen-bond donors (Lipinski definition) is 2. The molecule has 0 spiro atoms. The average Bonchev–Trinajstić information content (AvgIpc) is 2.60. The molecule has 2 aromatic rings. The lowest BCUT2D eigenvalue weighted by atomic mass is 10.0. The molecular formula is C20H25N3O2. The Kier molecular flexibility index (Phi) is 6.17. The van der Waals surface area contributed by atoms with Crippen LogP contribution in [-0.4, -0.2) is 37.4 Å². The predicted molar refractivity (Wildman–Crippen MR) is 102 cm³/mol. The molecule has 5 heteroatoms. The lowest BCUT2D eigenvalue weighted by Crippen LogP contribution is -2.22. The molecule has 0 bridgehead atoms. The molecule has 25 heavy (non-hydrogen) atoms. The van der Waals surface area contributed by atoms with Crippen LogP contribution in [0.25, 0.3) is 0 Å². The van der Waals surface area contributed by atoms with Crippen LogP contribution in [0, 0.1) is 0 Å². The van der Waals surface area contributed by atoms with Crippen molar-refractivity contribution < 1.29 is 9.59 Å². The van der Waals surface area contributed by atoms with Crippen molar-refractivity contribution in [3.05, 3.63) is 59.7 Å². The zero-order chi connectivity index (χ0) is 18.4. The fraction of sp³-hybridized carbons (Fsp3) is 0.300. The lowest BCUT2D eigenvalue weighted by molar-refractivity contribution is -0.114. The summed E-state index contributed by atoms with van der Waals surface area (Å²) in [6.45, 7) is 4.47. The van der Waals surface area contributed by atoms with E-state index in [1.54, 1.807) is 38.4 Å². The maximum absolute atomic E-state index is 12.0. The Morgan fingerprint density at radius 2 is 1.48 bits per heavy atom. The van der Waals surface area contributed by atoms with Crippen molar-refractivity contribution in [2.24, 2.45) is 0 Å². The minimum atomic E-state index is -0.139. The minimum Gasteiger partial charge on any atom is -0.376 e. The van der Waals surface area contributed by atoms with E-state index in [9.17, 15) is 9.59 Å². The van der Waals surface area contributed by atoms with Crippen LogP contribution in [0.1, 0.15) is 35.7 Å². The standard InChI is InChI=1S/C20H25N3O2/c1-14(2)15-5-9-17(10-6-15)21-13-19(24)22-18-11-7-16(8-12-18)20(25)23(3)4/h5-12,14,21H,13H2,1-4H3,(H,22,24). The number of nitrogens with zero attached hydrogens (tertiary/aromatic N) is 1. The van der Waals surface area contributed by atoms with Crippen LogP contribution < -0.4 is 10.6 Å². The molecule has 0 unspecified atom stereocenters. The quantitative estimate of drug-likeness (QED) is 0.846.